The highest BCUT2D eigenvalue weighted by atomic mass is 16.1. The highest BCUT2D eigenvalue weighted by Gasteiger charge is 2.21. The van der Waals surface area contributed by atoms with Crippen LogP contribution in [0, 0.1) is 5.92 Å². The Balaban J connectivity index is 1.72. The zero-order valence-corrected chi connectivity index (χ0v) is 8.09. The number of carbonyl (C=O) groups excluding carboxylic acids is 1. The molecule has 1 atom stereocenters. The van der Waals surface area contributed by atoms with Crippen molar-refractivity contribution in [1.82, 2.24) is 10.2 Å². The molecular formula is C10H18N2O. The number of nitrogens with one attached hydrogen (secondary N) is 1. The highest BCUT2D eigenvalue weighted by Crippen LogP contribution is 2.15. The van der Waals surface area contributed by atoms with E-state index in [-0.39, 0.29) is 5.91 Å². The first-order chi connectivity index (χ1) is 6.34. The fourth-order valence-corrected chi connectivity index (χ4v) is 2.27. The van der Waals surface area contributed by atoms with Gasteiger partial charge in [0.15, 0.2) is 0 Å². The Bertz CT molecular complexity index is 177. The van der Waals surface area contributed by atoms with Gasteiger partial charge in [-0.3, -0.25) is 4.79 Å². The van der Waals surface area contributed by atoms with Gasteiger partial charge in [-0.25, -0.2) is 0 Å². The molecule has 1 unspecified atom stereocenters. The summed E-state index contributed by atoms with van der Waals surface area (Å²) in [5.41, 5.74) is 0. The maximum absolute atomic E-state index is 10.9. The zero-order valence-electron chi connectivity index (χ0n) is 8.09. The molecule has 0 bridgehead atoms. The van der Waals surface area contributed by atoms with Gasteiger partial charge in [-0.15, -0.1) is 0 Å². The Kier molecular flexibility index (Phi) is 2.83. The third-order valence-corrected chi connectivity index (χ3v) is 3.08. The molecule has 3 nitrogen and oxygen atoms in total. The van der Waals surface area contributed by atoms with Gasteiger partial charge < -0.3 is 10.2 Å². The van der Waals surface area contributed by atoms with E-state index in [4.69, 9.17) is 0 Å². The Morgan fingerprint density at radius 1 is 1.38 bits per heavy atom. The van der Waals surface area contributed by atoms with Crippen molar-refractivity contribution in [3.8, 4) is 0 Å². The fourth-order valence-electron chi connectivity index (χ4n) is 2.27. The van der Waals surface area contributed by atoms with E-state index in [1.54, 1.807) is 0 Å². The van der Waals surface area contributed by atoms with Crippen LogP contribution < -0.4 is 5.32 Å². The fraction of sp³-hybridized carbons (Fsp3) is 0.900. The number of nitrogens with zero attached hydrogens (tertiary/aromatic N) is 1. The summed E-state index contributed by atoms with van der Waals surface area (Å²) < 4.78 is 0. The Morgan fingerprint density at radius 2 is 2.15 bits per heavy atom. The molecule has 2 rings (SSSR count). The molecule has 2 heterocycles. The van der Waals surface area contributed by atoms with Crippen LogP contribution in [0.1, 0.15) is 25.7 Å². The number of rotatable bonds is 2. The van der Waals surface area contributed by atoms with Crippen LogP contribution in [0.4, 0.5) is 0 Å². The molecule has 0 spiro atoms. The minimum absolute atomic E-state index is 0.234. The number of piperidine rings is 1. The van der Waals surface area contributed by atoms with E-state index in [1.165, 1.54) is 32.5 Å². The van der Waals surface area contributed by atoms with Gasteiger partial charge in [0.25, 0.3) is 0 Å². The second-order valence-electron chi connectivity index (χ2n) is 4.22. The van der Waals surface area contributed by atoms with Crippen molar-refractivity contribution in [1.29, 1.82) is 0 Å². The smallest absolute Gasteiger partial charge is 0.220 e. The lowest BCUT2D eigenvalue weighted by atomic mass is 9.99. The summed E-state index contributed by atoms with van der Waals surface area (Å²) in [5.74, 6) is 0.938. The summed E-state index contributed by atoms with van der Waals surface area (Å²) in [6, 6.07) is 0. The first-order valence-electron chi connectivity index (χ1n) is 5.33. The van der Waals surface area contributed by atoms with E-state index in [0.717, 1.165) is 19.4 Å². The molecule has 3 heteroatoms. The molecule has 2 fully saturated rings. The summed E-state index contributed by atoms with van der Waals surface area (Å²) in [5, 5.41) is 2.94. The quantitative estimate of drug-likeness (QED) is 0.678. The maximum atomic E-state index is 10.9. The van der Waals surface area contributed by atoms with Gasteiger partial charge in [0, 0.05) is 19.5 Å². The van der Waals surface area contributed by atoms with Gasteiger partial charge in [0.05, 0.1) is 0 Å². The predicted molar refractivity (Wildman–Crippen MR) is 51.4 cm³/mol. The number of carbonyl (C=O) groups is 1. The van der Waals surface area contributed by atoms with Gasteiger partial charge in [-0.05, 0) is 38.3 Å². The van der Waals surface area contributed by atoms with Gasteiger partial charge in [0.2, 0.25) is 5.91 Å². The van der Waals surface area contributed by atoms with E-state index in [0.29, 0.717) is 5.92 Å². The molecule has 74 valence electrons. The maximum Gasteiger partial charge on any atom is 0.220 e. The largest absolute Gasteiger partial charge is 0.356 e. The van der Waals surface area contributed by atoms with E-state index in [1.807, 2.05) is 0 Å². The van der Waals surface area contributed by atoms with Crippen molar-refractivity contribution in [2.24, 2.45) is 5.92 Å². The molecule has 13 heavy (non-hydrogen) atoms. The van der Waals surface area contributed by atoms with Crippen molar-refractivity contribution < 1.29 is 4.79 Å². The van der Waals surface area contributed by atoms with Gasteiger partial charge in [-0.2, -0.15) is 0 Å². The van der Waals surface area contributed by atoms with Crippen molar-refractivity contribution >= 4 is 5.91 Å². The lowest BCUT2D eigenvalue weighted by Gasteiger charge is -2.26. The van der Waals surface area contributed by atoms with Crippen molar-refractivity contribution in [3.63, 3.8) is 0 Å². The van der Waals surface area contributed by atoms with E-state index >= 15 is 0 Å². The summed E-state index contributed by atoms with van der Waals surface area (Å²) in [6.45, 7) is 4.63. The molecule has 1 N–H and O–H groups in total. The standard InChI is InChI=1S/C10H18N2O/c13-10-4-3-9(7-11-10)8-12-5-1-2-6-12/h9H,1-8H2,(H,11,13). The van der Waals surface area contributed by atoms with Crippen LogP contribution in [-0.2, 0) is 4.79 Å². The van der Waals surface area contributed by atoms with Crippen LogP contribution in [0.25, 0.3) is 0 Å². The molecule has 0 saturated carbocycles. The molecular weight excluding hydrogens is 164 g/mol. The molecule has 2 aliphatic rings. The molecule has 2 saturated heterocycles. The van der Waals surface area contributed by atoms with Crippen LogP contribution in [-0.4, -0.2) is 37.0 Å². The molecule has 1 amide bonds. The summed E-state index contributed by atoms with van der Waals surface area (Å²) in [6.07, 6.45) is 4.54. The summed E-state index contributed by atoms with van der Waals surface area (Å²) >= 11 is 0. The van der Waals surface area contributed by atoms with Crippen LogP contribution >= 0.6 is 0 Å². The molecule has 0 aromatic carbocycles. The third-order valence-electron chi connectivity index (χ3n) is 3.08. The summed E-state index contributed by atoms with van der Waals surface area (Å²) in [7, 11) is 0. The average molecular weight is 182 g/mol. The van der Waals surface area contributed by atoms with Gasteiger partial charge in [0.1, 0.15) is 0 Å². The molecule has 0 aromatic rings. The van der Waals surface area contributed by atoms with Crippen LogP contribution in [0.5, 0.6) is 0 Å². The minimum atomic E-state index is 0.234. The first-order valence-corrected chi connectivity index (χ1v) is 5.33. The van der Waals surface area contributed by atoms with Crippen molar-refractivity contribution in [2.75, 3.05) is 26.2 Å². The minimum Gasteiger partial charge on any atom is -0.356 e. The van der Waals surface area contributed by atoms with Crippen LogP contribution in [0.3, 0.4) is 0 Å². The Hall–Kier alpha value is -0.570. The van der Waals surface area contributed by atoms with E-state index in [9.17, 15) is 4.79 Å². The second-order valence-corrected chi connectivity index (χ2v) is 4.22. The zero-order chi connectivity index (χ0) is 9.10. The number of hydrogen-bond donors (Lipinski definition) is 1. The molecule has 0 aliphatic carbocycles. The number of likely N-dealkylation sites (tertiary alicyclic amines) is 1. The SMILES string of the molecule is O=C1CCC(CN2CCCC2)CN1. The molecule has 2 aliphatic heterocycles. The first kappa shape index (κ1) is 9.00. The monoisotopic (exact) mass is 182 g/mol. The van der Waals surface area contributed by atoms with Gasteiger partial charge >= 0.3 is 0 Å². The van der Waals surface area contributed by atoms with Crippen molar-refractivity contribution in [2.45, 2.75) is 25.7 Å². The normalized spacial score (nSPS) is 30.5. The average Bonchev–Trinajstić information content (AvgIpc) is 2.62. The molecule has 0 aromatic heterocycles. The highest BCUT2D eigenvalue weighted by molar-refractivity contribution is 5.76. The summed E-state index contributed by atoms with van der Waals surface area (Å²) in [4.78, 5) is 13.5. The van der Waals surface area contributed by atoms with Gasteiger partial charge in [-0.1, -0.05) is 0 Å². The number of amides is 1. The second kappa shape index (κ2) is 4.09. The Morgan fingerprint density at radius 3 is 2.77 bits per heavy atom. The van der Waals surface area contributed by atoms with E-state index in [2.05, 4.69) is 10.2 Å². The van der Waals surface area contributed by atoms with Crippen LogP contribution in [0.15, 0.2) is 0 Å². The lowest BCUT2D eigenvalue weighted by Crippen LogP contribution is -2.40. The molecule has 0 radical (unpaired) electrons. The third kappa shape index (κ3) is 2.44. The lowest BCUT2D eigenvalue weighted by molar-refractivity contribution is -0.123. The van der Waals surface area contributed by atoms with Crippen molar-refractivity contribution in [3.05, 3.63) is 0 Å². The number of hydrogen-bond acceptors (Lipinski definition) is 2. The van der Waals surface area contributed by atoms with E-state index < -0.39 is 0 Å². The topological polar surface area (TPSA) is 32.3 Å². The van der Waals surface area contributed by atoms with Crippen LogP contribution in [0.2, 0.25) is 0 Å². The predicted octanol–water partition coefficient (Wildman–Crippen LogP) is 0.608. The Labute approximate surface area is 79.5 Å².